The van der Waals surface area contributed by atoms with Gasteiger partial charge in [0.15, 0.2) is 0 Å². The molecule has 4 aromatic heterocycles. The van der Waals surface area contributed by atoms with Gasteiger partial charge in [0.1, 0.15) is 0 Å². The van der Waals surface area contributed by atoms with E-state index in [4.69, 9.17) is 9.97 Å². The zero-order chi connectivity index (χ0) is 25.2. The van der Waals surface area contributed by atoms with Crippen LogP contribution in [0, 0.1) is 12.1 Å². The summed E-state index contributed by atoms with van der Waals surface area (Å²) in [5.74, 6) is 0. The average molecular weight is 668 g/mol. The summed E-state index contributed by atoms with van der Waals surface area (Å²) in [6, 6.07) is 23.7. The molecule has 6 rings (SSSR count). The quantitative estimate of drug-likeness (QED) is 0.186. The fourth-order valence-corrected chi connectivity index (χ4v) is 5.19. The average Bonchev–Trinajstić information content (AvgIpc) is 3.45. The Kier molecular flexibility index (Phi) is 6.31. The second-order valence-corrected chi connectivity index (χ2v) is 11.9. The fraction of sp³-hybridized carbons (Fsp3) is 0.312. The topological polar surface area (TPSA) is 34.6 Å². The monoisotopic (exact) mass is 667 g/mol. The van der Waals surface area contributed by atoms with Crippen LogP contribution >= 0.6 is 0 Å². The molecule has 0 N–H and O–H groups in total. The van der Waals surface area contributed by atoms with E-state index in [-0.39, 0.29) is 31.9 Å². The predicted octanol–water partition coefficient (Wildman–Crippen LogP) is 7.27. The number of rotatable bonds is 3. The third kappa shape index (κ3) is 4.50. The van der Waals surface area contributed by atoms with Crippen molar-refractivity contribution in [3.8, 4) is 0 Å². The maximum Gasteiger partial charge on any atom is 2.00 e. The van der Waals surface area contributed by atoms with E-state index in [9.17, 15) is 0 Å². The van der Waals surface area contributed by atoms with Crippen LogP contribution in [0.1, 0.15) is 64.3 Å². The van der Waals surface area contributed by atoms with Gasteiger partial charge in [-0.05, 0) is 12.8 Å². The van der Waals surface area contributed by atoms with Gasteiger partial charge in [0, 0.05) is 46.0 Å². The van der Waals surface area contributed by atoms with Crippen LogP contribution in [0.5, 0.6) is 0 Å². The van der Waals surface area contributed by atoms with Gasteiger partial charge in [0.2, 0.25) is 0 Å². The summed E-state index contributed by atoms with van der Waals surface area (Å²) in [4.78, 5) is 10.2. The molecule has 0 saturated heterocycles. The largest absolute Gasteiger partial charge is 2.00 e. The second-order valence-electron chi connectivity index (χ2n) is 11.9. The molecule has 0 spiro atoms. The van der Waals surface area contributed by atoms with Crippen LogP contribution in [0.2, 0.25) is 0 Å². The molecule has 0 fully saturated rings. The molecule has 6 aromatic rings. The van der Waals surface area contributed by atoms with E-state index in [1.165, 1.54) is 22.2 Å². The van der Waals surface area contributed by atoms with Gasteiger partial charge in [-0.25, -0.2) is 0 Å². The van der Waals surface area contributed by atoms with Gasteiger partial charge < -0.3 is 8.80 Å². The van der Waals surface area contributed by atoms with Crippen molar-refractivity contribution < 1.29 is 21.1 Å². The number of hydrogen-bond acceptors (Lipinski definition) is 2. The minimum atomic E-state index is 0. The number of aromatic nitrogens is 4. The van der Waals surface area contributed by atoms with Crippen molar-refractivity contribution in [2.75, 3.05) is 0 Å². The molecule has 0 aliphatic carbocycles. The zero-order valence-corrected chi connectivity index (χ0v) is 24.6. The van der Waals surface area contributed by atoms with Crippen molar-refractivity contribution >= 4 is 32.8 Å². The molecular weight excluding hydrogens is 635 g/mol. The molecule has 4 heterocycles. The summed E-state index contributed by atoms with van der Waals surface area (Å²) in [7, 11) is 0. The molecule has 0 bridgehead atoms. The van der Waals surface area contributed by atoms with Crippen molar-refractivity contribution in [1.29, 1.82) is 0 Å². The van der Waals surface area contributed by atoms with Crippen molar-refractivity contribution in [1.82, 2.24) is 18.8 Å². The Balaban J connectivity index is 0.00000280. The first-order chi connectivity index (χ1) is 17.1. The van der Waals surface area contributed by atoms with Gasteiger partial charge in [-0.15, -0.1) is 70.1 Å². The van der Waals surface area contributed by atoms with Gasteiger partial charge in [-0.1, -0.05) is 53.7 Å². The van der Waals surface area contributed by atoms with Crippen molar-refractivity contribution in [3.05, 3.63) is 95.8 Å². The number of aryl methyl sites for hydroxylation is 2. The molecule has 0 saturated carbocycles. The van der Waals surface area contributed by atoms with Gasteiger partial charge >= 0.3 is 21.1 Å². The summed E-state index contributed by atoms with van der Waals surface area (Å²) in [6.45, 7) is 13.5. The maximum atomic E-state index is 5.08. The number of nitrogens with zero attached hydrogens (tertiary/aromatic N) is 4. The fourth-order valence-electron chi connectivity index (χ4n) is 5.19. The minimum Gasteiger partial charge on any atom is -0.343 e. The van der Waals surface area contributed by atoms with Crippen LogP contribution in [-0.2, 0) is 44.7 Å². The Hall–Kier alpha value is -2.97. The Bertz CT molecular complexity index is 1630. The van der Waals surface area contributed by atoms with Gasteiger partial charge in [0.05, 0.1) is 11.3 Å². The summed E-state index contributed by atoms with van der Waals surface area (Å²) in [5, 5.41) is 4.51. The van der Waals surface area contributed by atoms with Crippen molar-refractivity contribution in [2.45, 2.75) is 65.2 Å². The van der Waals surface area contributed by atoms with Gasteiger partial charge in [0.25, 0.3) is 0 Å². The third-order valence-corrected chi connectivity index (χ3v) is 7.01. The summed E-state index contributed by atoms with van der Waals surface area (Å²) in [5.41, 5.74) is 6.65. The molecule has 0 atom stereocenters. The number of pyridine rings is 2. The molecule has 0 amide bonds. The number of benzene rings is 2. The van der Waals surface area contributed by atoms with E-state index < -0.39 is 0 Å². The molecule has 0 radical (unpaired) electrons. The first-order valence-electron chi connectivity index (χ1n) is 12.7. The minimum absolute atomic E-state index is 0. The zero-order valence-electron chi connectivity index (χ0n) is 22.3. The molecule has 5 heteroatoms. The first-order valence-corrected chi connectivity index (χ1v) is 12.7. The van der Waals surface area contributed by atoms with Crippen LogP contribution < -0.4 is 0 Å². The molecule has 0 aliphatic heterocycles. The molecule has 190 valence electrons. The Morgan fingerprint density at radius 2 is 1.08 bits per heavy atom. The first kappa shape index (κ1) is 25.7. The Labute approximate surface area is 233 Å². The third-order valence-electron chi connectivity index (χ3n) is 7.01. The summed E-state index contributed by atoms with van der Waals surface area (Å²) in [6.07, 6.45) is 6.07. The van der Waals surface area contributed by atoms with E-state index in [1.54, 1.807) is 0 Å². The van der Waals surface area contributed by atoms with Crippen LogP contribution in [0.15, 0.2) is 60.9 Å². The van der Waals surface area contributed by atoms with Crippen molar-refractivity contribution in [2.24, 2.45) is 0 Å². The van der Waals surface area contributed by atoms with Crippen LogP contribution in [0.4, 0.5) is 0 Å². The number of fused-ring (bicyclic) bond motifs is 6. The number of hydrogen-bond donors (Lipinski definition) is 0. The molecule has 0 aliphatic rings. The standard InChI is InChI=1S/C32H32N4.Pt/c1-31(2,3)27-17-21-11-7-9-13-25(21)29-33-23(19-35(27)29)15-16-24-20-36-28(32(4,5)6)18-22-12-8-10-14-26(22)30(36)34-24;/h7-12,17-20H,15-16H2,1-6H3;/q-2;+2. The van der Waals surface area contributed by atoms with E-state index in [1.807, 2.05) is 24.3 Å². The van der Waals surface area contributed by atoms with E-state index >= 15 is 0 Å². The number of imidazole rings is 2. The predicted molar refractivity (Wildman–Crippen MR) is 148 cm³/mol. The SMILES string of the molecule is CC(C)(C)c1cc2ccc[c-]c2c2nc(CCc3cn4c(C(C)(C)C)cc5ccc[c-]c5c4n3)cn12.[Pt+2]. The van der Waals surface area contributed by atoms with E-state index in [0.29, 0.717) is 0 Å². The van der Waals surface area contributed by atoms with E-state index in [0.717, 1.165) is 46.3 Å². The smallest absolute Gasteiger partial charge is 0.343 e. The normalized spacial score (nSPS) is 12.6. The second kappa shape index (κ2) is 9.10. The van der Waals surface area contributed by atoms with Crippen molar-refractivity contribution in [3.63, 3.8) is 0 Å². The Morgan fingerprint density at radius 1 is 0.676 bits per heavy atom. The molecule has 2 aromatic carbocycles. The van der Waals surface area contributed by atoms with Gasteiger partial charge in [-0.3, -0.25) is 9.97 Å². The summed E-state index contributed by atoms with van der Waals surface area (Å²) < 4.78 is 4.52. The molecule has 37 heavy (non-hydrogen) atoms. The van der Waals surface area contributed by atoms with Crippen LogP contribution in [0.25, 0.3) is 32.8 Å². The van der Waals surface area contributed by atoms with Crippen LogP contribution in [-0.4, -0.2) is 18.8 Å². The van der Waals surface area contributed by atoms with E-state index in [2.05, 4.69) is 99.1 Å². The molecule has 0 unspecified atom stereocenters. The molecule has 4 nitrogen and oxygen atoms in total. The van der Waals surface area contributed by atoms with Gasteiger partial charge in [-0.2, -0.15) is 0 Å². The maximum absolute atomic E-state index is 5.08. The summed E-state index contributed by atoms with van der Waals surface area (Å²) >= 11 is 0. The van der Waals surface area contributed by atoms with Crippen LogP contribution in [0.3, 0.4) is 0 Å². The Morgan fingerprint density at radius 3 is 1.46 bits per heavy atom. The molecular formula is C32H32N4Pt.